The third-order valence-corrected chi connectivity index (χ3v) is 7.32. The molecule has 1 heterocycles. The molecular weight excluding hydrogens is 501 g/mol. The van der Waals surface area contributed by atoms with E-state index in [9.17, 15) is 35.5 Å². The Bertz CT molecular complexity index is 1080. The van der Waals surface area contributed by atoms with Gasteiger partial charge in [0.25, 0.3) is 0 Å². The Hall–Kier alpha value is -2.78. The van der Waals surface area contributed by atoms with E-state index >= 15 is 0 Å². The topological polar surface area (TPSA) is 23.6 Å². The van der Waals surface area contributed by atoms with Crippen molar-refractivity contribution in [3.05, 3.63) is 70.0 Å². The summed E-state index contributed by atoms with van der Waals surface area (Å²) in [6, 6.07) is 4.78. The summed E-state index contributed by atoms with van der Waals surface area (Å²) in [6.07, 6.45) is -7.65. The SMILES string of the molecule is CCC(C)C1CCN(C(=O)N(C)Cc2cc(C(F)(F)F)cc(C(F)(F)F)c2)C(c2ccc(F)cc2C)C1. The number of hydrogen-bond donors (Lipinski definition) is 0. The quantitative estimate of drug-likeness (QED) is 0.356. The van der Waals surface area contributed by atoms with Crippen molar-refractivity contribution in [1.29, 1.82) is 0 Å². The number of halogens is 7. The van der Waals surface area contributed by atoms with E-state index in [1.165, 1.54) is 19.2 Å². The highest BCUT2D eigenvalue weighted by molar-refractivity contribution is 5.75. The van der Waals surface area contributed by atoms with Crippen LogP contribution in [-0.4, -0.2) is 29.4 Å². The smallest absolute Gasteiger partial charge is 0.323 e. The summed E-state index contributed by atoms with van der Waals surface area (Å²) in [5, 5.41) is 0. The Kier molecular flexibility index (Phi) is 8.49. The number of piperidine rings is 1. The number of nitrogens with zero attached hydrogens (tertiary/aromatic N) is 2. The van der Waals surface area contributed by atoms with Crippen molar-refractivity contribution in [2.45, 2.75) is 65.0 Å². The summed E-state index contributed by atoms with van der Waals surface area (Å²) in [7, 11) is 1.35. The van der Waals surface area contributed by atoms with Gasteiger partial charge in [0.05, 0.1) is 17.2 Å². The summed E-state index contributed by atoms with van der Waals surface area (Å²) in [5.74, 6) is 0.297. The normalized spacial score (nSPS) is 19.6. The van der Waals surface area contributed by atoms with Crippen LogP contribution in [0.25, 0.3) is 0 Å². The van der Waals surface area contributed by atoms with Crippen molar-refractivity contribution in [2.24, 2.45) is 11.8 Å². The molecule has 2 aromatic rings. The van der Waals surface area contributed by atoms with Crippen molar-refractivity contribution >= 4 is 6.03 Å². The monoisotopic (exact) mass is 532 g/mol. The van der Waals surface area contributed by atoms with Crippen LogP contribution in [0.3, 0.4) is 0 Å². The third kappa shape index (κ3) is 6.76. The summed E-state index contributed by atoms with van der Waals surface area (Å²) < 4.78 is 93.4. The molecule has 0 spiro atoms. The summed E-state index contributed by atoms with van der Waals surface area (Å²) >= 11 is 0. The molecule has 0 N–H and O–H groups in total. The Balaban J connectivity index is 1.92. The number of aryl methyl sites for hydroxylation is 1. The lowest BCUT2D eigenvalue weighted by Crippen LogP contribution is -2.47. The minimum atomic E-state index is -4.97. The second kappa shape index (κ2) is 10.9. The number of carbonyl (C=O) groups is 1. The predicted molar refractivity (Wildman–Crippen MR) is 126 cm³/mol. The average molecular weight is 533 g/mol. The maximum absolute atomic E-state index is 13.8. The minimum Gasteiger partial charge on any atom is -0.323 e. The lowest BCUT2D eigenvalue weighted by molar-refractivity contribution is -0.143. The Morgan fingerprint density at radius 3 is 2.16 bits per heavy atom. The van der Waals surface area contributed by atoms with E-state index in [1.807, 2.05) is 0 Å². The van der Waals surface area contributed by atoms with Gasteiger partial charge >= 0.3 is 18.4 Å². The first-order valence-electron chi connectivity index (χ1n) is 12.2. The molecule has 2 aromatic carbocycles. The first-order chi connectivity index (χ1) is 17.1. The van der Waals surface area contributed by atoms with E-state index in [1.54, 1.807) is 17.9 Å². The van der Waals surface area contributed by atoms with Gasteiger partial charge < -0.3 is 9.80 Å². The summed E-state index contributed by atoms with van der Waals surface area (Å²) in [5.41, 5.74) is -1.68. The highest BCUT2D eigenvalue weighted by Gasteiger charge is 2.38. The molecule has 0 bridgehead atoms. The largest absolute Gasteiger partial charge is 0.416 e. The van der Waals surface area contributed by atoms with E-state index in [-0.39, 0.29) is 11.6 Å². The second-order valence-corrected chi connectivity index (χ2v) is 9.93. The van der Waals surface area contributed by atoms with Crippen molar-refractivity contribution in [3.63, 3.8) is 0 Å². The van der Waals surface area contributed by atoms with E-state index in [2.05, 4.69) is 13.8 Å². The maximum atomic E-state index is 13.8. The van der Waals surface area contributed by atoms with Crippen LogP contribution >= 0.6 is 0 Å². The van der Waals surface area contributed by atoms with E-state index in [0.717, 1.165) is 16.9 Å². The molecule has 1 saturated heterocycles. The lowest BCUT2D eigenvalue weighted by Gasteiger charge is -2.43. The van der Waals surface area contributed by atoms with Gasteiger partial charge in [0.1, 0.15) is 5.82 Å². The predicted octanol–water partition coefficient (Wildman–Crippen LogP) is 8.22. The number of amides is 2. The fourth-order valence-corrected chi connectivity index (χ4v) is 5.05. The fourth-order valence-electron chi connectivity index (χ4n) is 5.05. The van der Waals surface area contributed by atoms with Gasteiger partial charge in [-0.3, -0.25) is 0 Å². The van der Waals surface area contributed by atoms with Crippen molar-refractivity contribution in [3.8, 4) is 0 Å². The van der Waals surface area contributed by atoms with Crippen LogP contribution < -0.4 is 0 Å². The summed E-state index contributed by atoms with van der Waals surface area (Å²) in [6.45, 7) is 5.90. The zero-order valence-corrected chi connectivity index (χ0v) is 21.2. The molecule has 3 atom stereocenters. The summed E-state index contributed by atoms with van der Waals surface area (Å²) in [4.78, 5) is 16.2. The van der Waals surface area contributed by atoms with Gasteiger partial charge in [-0.25, -0.2) is 9.18 Å². The number of hydrogen-bond acceptors (Lipinski definition) is 1. The molecule has 3 unspecified atom stereocenters. The Morgan fingerprint density at radius 2 is 1.65 bits per heavy atom. The molecule has 0 saturated carbocycles. The first-order valence-corrected chi connectivity index (χ1v) is 12.2. The maximum Gasteiger partial charge on any atom is 0.416 e. The molecule has 3 nitrogen and oxygen atoms in total. The molecule has 3 rings (SSSR count). The number of urea groups is 1. The van der Waals surface area contributed by atoms with Crippen molar-refractivity contribution in [1.82, 2.24) is 9.80 Å². The third-order valence-electron chi connectivity index (χ3n) is 7.32. The Morgan fingerprint density at radius 1 is 1.05 bits per heavy atom. The minimum absolute atomic E-state index is 0.0678. The molecule has 0 aliphatic carbocycles. The first kappa shape index (κ1) is 28.8. The van der Waals surface area contributed by atoms with Gasteiger partial charge in [0.2, 0.25) is 0 Å². The zero-order valence-electron chi connectivity index (χ0n) is 21.2. The van der Waals surface area contributed by atoms with Gasteiger partial charge in [0, 0.05) is 20.1 Å². The molecule has 1 fully saturated rings. The number of rotatable bonds is 5. The van der Waals surface area contributed by atoms with Gasteiger partial charge in [0.15, 0.2) is 0 Å². The molecule has 1 aliphatic rings. The van der Waals surface area contributed by atoms with Gasteiger partial charge in [-0.15, -0.1) is 0 Å². The van der Waals surface area contributed by atoms with Crippen LogP contribution in [0.15, 0.2) is 36.4 Å². The second-order valence-electron chi connectivity index (χ2n) is 9.93. The standard InChI is InChI=1S/C27H31F7N2O/c1-5-16(2)19-8-9-36(24(13-19)23-7-6-22(28)10-17(23)3)25(37)35(4)15-18-11-20(26(29,30)31)14-21(12-18)27(32,33)34/h6-7,10-12,14,16,19,24H,5,8-9,13,15H2,1-4H3. The van der Waals surface area contributed by atoms with Gasteiger partial charge in [-0.2, -0.15) is 26.3 Å². The van der Waals surface area contributed by atoms with Crippen LogP contribution in [0.1, 0.15) is 67.0 Å². The number of likely N-dealkylation sites (tertiary alicyclic amines) is 1. The fraction of sp³-hybridized carbons (Fsp3) is 0.519. The molecule has 37 heavy (non-hydrogen) atoms. The number of alkyl halides is 6. The van der Waals surface area contributed by atoms with Crippen LogP contribution in [0.2, 0.25) is 0 Å². The van der Waals surface area contributed by atoms with Crippen LogP contribution in [0.5, 0.6) is 0 Å². The molecule has 1 aliphatic heterocycles. The molecule has 204 valence electrons. The zero-order chi connectivity index (χ0) is 27.7. The van der Waals surface area contributed by atoms with Gasteiger partial charge in [-0.05, 0) is 78.6 Å². The molecule has 0 aromatic heterocycles. The average Bonchev–Trinajstić information content (AvgIpc) is 2.81. The highest BCUT2D eigenvalue weighted by Crippen LogP contribution is 2.41. The lowest BCUT2D eigenvalue weighted by atomic mass is 9.78. The van der Waals surface area contributed by atoms with Crippen molar-refractivity contribution < 1.29 is 35.5 Å². The van der Waals surface area contributed by atoms with Crippen LogP contribution in [0.4, 0.5) is 35.5 Å². The van der Waals surface area contributed by atoms with E-state index < -0.39 is 47.9 Å². The van der Waals surface area contributed by atoms with Crippen LogP contribution in [0, 0.1) is 24.6 Å². The molecule has 2 amide bonds. The van der Waals surface area contributed by atoms with Gasteiger partial charge in [-0.1, -0.05) is 26.3 Å². The Labute approximate surface area is 212 Å². The van der Waals surface area contributed by atoms with Crippen LogP contribution in [-0.2, 0) is 18.9 Å². The number of benzene rings is 2. The molecular formula is C27H31F7N2O. The van der Waals surface area contributed by atoms with E-state index in [4.69, 9.17) is 0 Å². The van der Waals surface area contributed by atoms with Crippen molar-refractivity contribution in [2.75, 3.05) is 13.6 Å². The number of carbonyl (C=O) groups excluding carboxylic acids is 1. The van der Waals surface area contributed by atoms with E-state index in [0.29, 0.717) is 48.9 Å². The molecule has 10 heteroatoms. The highest BCUT2D eigenvalue weighted by atomic mass is 19.4. The molecule has 0 radical (unpaired) electrons.